The molecule has 8 heterocycles. The number of amides is 1. The highest BCUT2D eigenvalue weighted by Gasteiger charge is 2.42. The number of imidazole rings is 2. The van der Waals surface area contributed by atoms with E-state index in [9.17, 15) is 34.9 Å². The molecule has 2 aliphatic carbocycles. The summed E-state index contributed by atoms with van der Waals surface area (Å²) in [6.07, 6.45) is 7.86. The zero-order chi connectivity index (χ0) is 87.2. The van der Waals surface area contributed by atoms with E-state index in [-0.39, 0.29) is 40.6 Å². The molecule has 0 saturated carbocycles. The van der Waals surface area contributed by atoms with Gasteiger partial charge in [-0.15, -0.1) is 0 Å². The van der Waals surface area contributed by atoms with E-state index in [2.05, 4.69) is 219 Å². The van der Waals surface area contributed by atoms with Gasteiger partial charge in [0.05, 0.1) is 55.1 Å². The van der Waals surface area contributed by atoms with E-state index >= 15 is 0 Å². The number of nitrogens with zero attached hydrogens (tertiary/aromatic N) is 6. The molecule has 4 unspecified atom stereocenters. The van der Waals surface area contributed by atoms with Gasteiger partial charge in [0, 0.05) is 171 Å². The van der Waals surface area contributed by atoms with E-state index in [1.807, 2.05) is 116 Å². The molecule has 24 nitrogen and oxygen atoms in total. The van der Waals surface area contributed by atoms with Crippen LogP contribution in [0.5, 0.6) is 0 Å². The van der Waals surface area contributed by atoms with E-state index in [0.29, 0.717) is 11.5 Å². The van der Waals surface area contributed by atoms with Gasteiger partial charge in [0.2, 0.25) is 0 Å². The number of carbonyl (C=O) groups excluding carboxylic acids is 1. The standard InChI is InChI=1S/C31H19BrN4O3.C23H14BrN5O4.C23H18BrN5.C23H14BrN3/c32-16-9-12-26-23(13-16)25(15-33-26)29-35-27-20-6-2-1-5-18(20)19-11-10-17(14-24(19)28(27)36-29)34-30(37)21-7-3-4-8-22(21)31(38)39;24-11-1-6-20-16(7-11)19(10-25-20)23-26-21-17-8-12(28(30)31)2-4-14(17)15-5-3-13(29(32)33)9-18(15)22(21)27-23;24-11-1-6-20-16(7-11)19(10-27-20)23-28-21-17-8-12(25)2-4-14(17)15-5-3-13(26)9-18(15)22(21)29-23;24-13-9-10-15-14-5-1-2-7-17(14)21-22(18(15)11-13)27-23(26-21)19-12-25-20-8-4-3-6-16(19)20/h1-15,33H,(H,34,37)(H,35,36)(H,38,39);1-10,21-22,25H,(H,26,27);1-10,21-22,27H,25-26H2,(H,28,29);1-12,25H,(H,26,27). The maximum atomic E-state index is 13.1. The lowest BCUT2D eigenvalue weighted by Gasteiger charge is -2.30. The molecule has 4 aliphatic rings. The number of carboxylic acids is 1. The van der Waals surface area contributed by atoms with Crippen LogP contribution >= 0.6 is 63.7 Å². The van der Waals surface area contributed by atoms with Crippen LogP contribution in [0.25, 0.3) is 154 Å². The van der Waals surface area contributed by atoms with E-state index in [1.165, 1.54) is 62.5 Å². The molecule has 0 spiro atoms. The van der Waals surface area contributed by atoms with Crippen molar-refractivity contribution in [1.82, 2.24) is 50.5 Å². The van der Waals surface area contributed by atoms with Crippen LogP contribution in [0.1, 0.15) is 78.3 Å². The summed E-state index contributed by atoms with van der Waals surface area (Å²) in [7, 11) is 0. The molecule has 4 atom stereocenters. The summed E-state index contributed by atoms with van der Waals surface area (Å²) >= 11 is 14.3. The number of nitro benzene ring substituents is 2. The summed E-state index contributed by atoms with van der Waals surface area (Å²) in [6, 6.07) is 82.2. The van der Waals surface area contributed by atoms with Gasteiger partial charge in [0.1, 0.15) is 35.4 Å². The fourth-order valence-electron chi connectivity index (χ4n) is 18.6. The van der Waals surface area contributed by atoms with Gasteiger partial charge in [-0.05, 0) is 200 Å². The second-order valence-electron chi connectivity index (χ2n) is 31.7. The van der Waals surface area contributed by atoms with Crippen LogP contribution in [0.3, 0.4) is 0 Å². The van der Waals surface area contributed by atoms with Gasteiger partial charge in [-0.25, -0.2) is 14.8 Å². The predicted octanol–water partition coefficient (Wildman–Crippen LogP) is 25.0. The number of amidine groups is 2. The number of nitrogen functional groups attached to an aromatic ring is 2. The number of nitrogens with one attached hydrogen (secondary N) is 9. The fraction of sp³-hybridized carbons (Fsp3) is 0.0400. The number of carboxylic acid groups (broad SMARTS) is 1. The number of H-pyrrole nitrogens is 6. The fourth-order valence-corrected chi connectivity index (χ4v) is 20.0. The first-order chi connectivity index (χ1) is 62.2. The van der Waals surface area contributed by atoms with Crippen LogP contribution in [-0.2, 0) is 0 Å². The highest BCUT2D eigenvalue weighted by atomic mass is 79.9. The third-order valence-electron chi connectivity index (χ3n) is 24.4. The number of aliphatic imine (C=N–C) groups is 2. The Morgan fingerprint density at radius 3 is 1.32 bits per heavy atom. The summed E-state index contributed by atoms with van der Waals surface area (Å²) in [5.41, 5.74) is 34.0. The van der Waals surface area contributed by atoms with Crippen LogP contribution < -0.4 is 27.4 Å². The minimum Gasteiger partial charge on any atom is -0.478 e. The Balaban J connectivity index is 0.000000101. The van der Waals surface area contributed by atoms with E-state index in [4.69, 9.17) is 31.4 Å². The number of benzene rings is 15. The van der Waals surface area contributed by atoms with Gasteiger partial charge in [0.15, 0.2) is 0 Å². The summed E-state index contributed by atoms with van der Waals surface area (Å²) in [6.45, 7) is 0. The number of nitro groups is 2. The van der Waals surface area contributed by atoms with Gasteiger partial charge in [-0.1, -0.05) is 167 Å². The molecule has 2 aliphatic heterocycles. The minimum atomic E-state index is -1.15. The molecule has 15 aromatic carbocycles. The number of hydrogen-bond donors (Lipinski definition) is 12. The molecule has 6 aromatic heterocycles. The number of fused-ring (bicyclic) bond motifs is 28. The van der Waals surface area contributed by atoms with Crippen LogP contribution in [-0.4, -0.2) is 78.4 Å². The third-order valence-corrected chi connectivity index (χ3v) is 26.3. The van der Waals surface area contributed by atoms with Crippen molar-refractivity contribution in [3.8, 4) is 45.0 Å². The van der Waals surface area contributed by atoms with Crippen molar-refractivity contribution in [2.24, 2.45) is 9.98 Å². The second kappa shape index (κ2) is 31.1. The highest BCUT2D eigenvalue weighted by molar-refractivity contribution is 9.11. The molecule has 14 N–H and O–H groups in total. The Labute approximate surface area is 757 Å². The lowest BCUT2D eigenvalue weighted by molar-refractivity contribution is -0.385. The van der Waals surface area contributed by atoms with E-state index < -0.39 is 27.8 Å². The van der Waals surface area contributed by atoms with Gasteiger partial charge < -0.3 is 62.4 Å². The first kappa shape index (κ1) is 78.6. The molecule has 128 heavy (non-hydrogen) atoms. The molecular formula is C100H65Br4N17O7. The lowest BCUT2D eigenvalue weighted by Crippen LogP contribution is -2.27. The maximum absolute atomic E-state index is 13.1. The molecular weight excluding hydrogens is 1870 g/mol. The molecule has 1 amide bonds. The Kier molecular flexibility index (Phi) is 19.1. The number of hydrogen-bond acceptors (Lipinski definition) is 14. The average molecular weight is 1940 g/mol. The molecule has 21 aromatic rings. The Hall–Kier alpha value is -15.4. The van der Waals surface area contributed by atoms with Gasteiger partial charge >= 0.3 is 5.97 Å². The van der Waals surface area contributed by atoms with Gasteiger partial charge in [-0.3, -0.25) is 35.0 Å². The second-order valence-corrected chi connectivity index (χ2v) is 35.4. The molecule has 0 radical (unpaired) electrons. The molecule has 25 rings (SSSR count). The average Bonchev–Trinajstić information content (AvgIpc) is 1.64. The molecule has 620 valence electrons. The zero-order valence-electron chi connectivity index (χ0n) is 66.7. The summed E-state index contributed by atoms with van der Waals surface area (Å²) in [5.74, 6) is 1.50. The van der Waals surface area contributed by atoms with Crippen LogP contribution in [0.15, 0.2) is 314 Å². The Bertz CT molecular complexity index is 8430. The Morgan fingerprint density at radius 2 is 0.758 bits per heavy atom. The SMILES string of the molecule is Brc1ccc2c3ccccc3c3[nH]c(-c4c[nH]c5ccccc45)nc3c2c1.Nc1ccc2c(c1)C1N=C(c3c[nH]c4ccc(Br)cc34)NC1c1cc(N)ccc1-2.O=C(O)c1ccccc1C(=O)Nc1ccc2c3ccccc3c3nc(-c4c[nH]c5ccc(Br)cc45)[nH]c3c2c1.O=[N+]([O-])c1ccc2c(c1)C1N=C(c3c[nH]c4ccc(Br)cc34)NC1c1cc([N+](=O)[O-])ccc1-2. The quantitative estimate of drug-likeness (QED) is 0.0277. The number of halogens is 4. The van der Waals surface area contributed by atoms with Crippen molar-refractivity contribution in [2.75, 3.05) is 16.8 Å². The zero-order valence-corrected chi connectivity index (χ0v) is 73.0. The summed E-state index contributed by atoms with van der Waals surface area (Å²) < 4.78 is 4.00. The molecule has 0 saturated heterocycles. The topological polar surface area (TPSA) is 374 Å². The van der Waals surface area contributed by atoms with E-state index in [0.717, 1.165) is 184 Å². The number of nitrogens with two attached hydrogens (primary N) is 2. The van der Waals surface area contributed by atoms with Crippen molar-refractivity contribution in [3.05, 3.63) is 368 Å². The number of aromatic amines is 6. The number of carbonyl (C=O) groups is 2. The molecule has 28 heteroatoms. The van der Waals surface area contributed by atoms with Crippen molar-refractivity contribution < 1.29 is 24.5 Å². The lowest BCUT2D eigenvalue weighted by atomic mass is 9.79. The van der Waals surface area contributed by atoms with Crippen molar-refractivity contribution >= 4 is 224 Å². The first-order valence-corrected chi connectivity index (χ1v) is 43.8. The van der Waals surface area contributed by atoms with Gasteiger partial charge in [0.25, 0.3) is 17.3 Å². The first-order valence-electron chi connectivity index (χ1n) is 40.7. The number of aromatic carboxylic acids is 1. The maximum Gasteiger partial charge on any atom is 0.336 e. The van der Waals surface area contributed by atoms with Crippen molar-refractivity contribution in [1.29, 1.82) is 0 Å². The van der Waals surface area contributed by atoms with Crippen LogP contribution in [0, 0.1) is 20.2 Å². The summed E-state index contributed by atoms with van der Waals surface area (Å²) in [4.78, 5) is 87.2. The van der Waals surface area contributed by atoms with Gasteiger partial charge in [-0.2, -0.15) is 0 Å². The number of non-ortho nitro benzene ring substituents is 2. The smallest absolute Gasteiger partial charge is 0.336 e. The number of rotatable bonds is 9. The monoisotopic (exact) mass is 1930 g/mol. The van der Waals surface area contributed by atoms with Crippen molar-refractivity contribution in [3.63, 3.8) is 0 Å². The number of anilines is 3. The Morgan fingerprint density at radius 1 is 0.367 bits per heavy atom. The highest BCUT2D eigenvalue weighted by Crippen LogP contribution is 2.53. The van der Waals surface area contributed by atoms with E-state index in [1.54, 1.807) is 36.4 Å². The molecule has 0 fully saturated rings. The van der Waals surface area contributed by atoms with Crippen molar-refractivity contribution in [2.45, 2.75) is 24.2 Å². The largest absolute Gasteiger partial charge is 0.478 e. The number of aromatic nitrogens is 8. The summed E-state index contributed by atoms with van der Waals surface area (Å²) in [5, 5.41) is 55.5. The third kappa shape index (κ3) is 13.5. The normalized spacial score (nSPS) is 15.1. The van der Waals surface area contributed by atoms with Crippen LogP contribution in [0.2, 0.25) is 0 Å². The molecule has 0 bridgehead atoms. The number of para-hydroxylation sites is 1. The minimum absolute atomic E-state index is 0.0101. The predicted molar refractivity (Wildman–Crippen MR) is 522 cm³/mol. The van der Waals surface area contributed by atoms with Crippen LogP contribution in [0.4, 0.5) is 28.4 Å².